The summed E-state index contributed by atoms with van der Waals surface area (Å²) in [4.78, 5) is 3.78. The van der Waals surface area contributed by atoms with Crippen molar-refractivity contribution in [2.45, 2.75) is 45.3 Å². The third kappa shape index (κ3) is 3.91. The molecule has 1 aromatic rings. The van der Waals surface area contributed by atoms with Crippen LogP contribution in [0.25, 0.3) is 0 Å². The highest BCUT2D eigenvalue weighted by molar-refractivity contribution is 5.46. The first-order chi connectivity index (χ1) is 7.99. The van der Waals surface area contributed by atoms with E-state index in [0.29, 0.717) is 0 Å². The predicted molar refractivity (Wildman–Crippen MR) is 61.8 cm³/mol. The Morgan fingerprint density at radius 1 is 1.35 bits per heavy atom. The molecular formula is C12H17F3N2. The smallest absolute Gasteiger partial charge is 0.367 e. The number of hydrogen-bond acceptors (Lipinski definition) is 2. The van der Waals surface area contributed by atoms with E-state index in [0.717, 1.165) is 25.3 Å². The van der Waals surface area contributed by atoms with Gasteiger partial charge in [-0.1, -0.05) is 20.3 Å². The van der Waals surface area contributed by atoms with E-state index in [1.807, 2.05) is 13.8 Å². The number of anilines is 1. The van der Waals surface area contributed by atoms with Crippen molar-refractivity contribution in [1.82, 2.24) is 4.98 Å². The molecule has 0 saturated heterocycles. The van der Waals surface area contributed by atoms with Crippen LogP contribution in [0.5, 0.6) is 0 Å². The number of pyridine rings is 1. The summed E-state index contributed by atoms with van der Waals surface area (Å²) in [6.45, 7) is 3.96. The van der Waals surface area contributed by atoms with Gasteiger partial charge in [-0.25, -0.2) is 4.98 Å². The van der Waals surface area contributed by atoms with Crippen LogP contribution in [-0.2, 0) is 6.18 Å². The first kappa shape index (κ1) is 13.8. The van der Waals surface area contributed by atoms with Crippen molar-refractivity contribution in [3.8, 4) is 0 Å². The number of aromatic nitrogens is 1. The van der Waals surface area contributed by atoms with Crippen LogP contribution in [0.2, 0.25) is 0 Å². The van der Waals surface area contributed by atoms with Crippen molar-refractivity contribution in [1.29, 1.82) is 0 Å². The van der Waals surface area contributed by atoms with Crippen LogP contribution in [-0.4, -0.2) is 11.0 Å². The molecule has 0 saturated carbocycles. The minimum atomic E-state index is -4.36. The summed E-state index contributed by atoms with van der Waals surface area (Å²) in [7, 11) is 0. The van der Waals surface area contributed by atoms with Crippen LogP contribution in [0.15, 0.2) is 18.3 Å². The Bertz CT molecular complexity index is 350. The molecule has 0 amide bonds. The van der Waals surface area contributed by atoms with E-state index in [4.69, 9.17) is 0 Å². The summed E-state index contributed by atoms with van der Waals surface area (Å²) in [6, 6.07) is 2.39. The molecule has 2 nitrogen and oxygen atoms in total. The van der Waals surface area contributed by atoms with Crippen LogP contribution < -0.4 is 5.32 Å². The van der Waals surface area contributed by atoms with E-state index >= 15 is 0 Å². The highest BCUT2D eigenvalue weighted by Crippen LogP contribution is 2.33. The summed E-state index contributed by atoms with van der Waals surface area (Å²) in [5, 5.41) is 2.87. The van der Waals surface area contributed by atoms with Gasteiger partial charge in [-0.3, -0.25) is 0 Å². The van der Waals surface area contributed by atoms with E-state index < -0.39 is 11.7 Å². The van der Waals surface area contributed by atoms with Gasteiger partial charge in [0.25, 0.3) is 0 Å². The second kappa shape index (κ2) is 5.89. The van der Waals surface area contributed by atoms with Gasteiger partial charge in [0.05, 0.1) is 5.56 Å². The molecule has 1 unspecified atom stereocenters. The first-order valence-electron chi connectivity index (χ1n) is 5.77. The van der Waals surface area contributed by atoms with Gasteiger partial charge >= 0.3 is 6.18 Å². The maximum absolute atomic E-state index is 12.7. The Labute approximate surface area is 99.3 Å². The monoisotopic (exact) mass is 246 g/mol. The minimum absolute atomic E-state index is 0.0380. The summed E-state index contributed by atoms with van der Waals surface area (Å²) >= 11 is 0. The maximum atomic E-state index is 12.7. The number of rotatable bonds is 5. The Morgan fingerprint density at radius 3 is 2.59 bits per heavy atom. The number of nitrogens with zero attached hydrogens (tertiary/aromatic N) is 1. The van der Waals surface area contributed by atoms with Gasteiger partial charge in [-0.2, -0.15) is 13.2 Å². The largest absolute Gasteiger partial charge is 0.419 e. The zero-order chi connectivity index (χ0) is 12.9. The molecule has 0 radical (unpaired) electrons. The average Bonchev–Trinajstić information content (AvgIpc) is 2.27. The summed E-state index contributed by atoms with van der Waals surface area (Å²) < 4.78 is 38.1. The molecule has 1 aromatic heterocycles. The third-order valence-electron chi connectivity index (χ3n) is 2.58. The lowest BCUT2D eigenvalue weighted by atomic mass is 10.1. The molecular weight excluding hydrogens is 229 g/mol. The topological polar surface area (TPSA) is 24.9 Å². The predicted octanol–water partition coefficient (Wildman–Crippen LogP) is 4.09. The molecule has 0 spiro atoms. The number of halogens is 3. The standard InChI is InChI=1S/C12H17F3N2/c1-3-6-9(4-2)17-11-10(12(13,14)15)7-5-8-16-11/h5,7-9H,3-4,6H2,1-2H3,(H,16,17). The molecule has 0 bridgehead atoms. The maximum Gasteiger partial charge on any atom is 0.419 e. The second-order valence-corrected chi connectivity index (χ2v) is 3.94. The van der Waals surface area contributed by atoms with Gasteiger partial charge in [0.2, 0.25) is 0 Å². The fourth-order valence-electron chi connectivity index (χ4n) is 1.67. The molecule has 0 aromatic carbocycles. The molecule has 5 heteroatoms. The molecule has 1 N–H and O–H groups in total. The molecule has 0 aliphatic carbocycles. The second-order valence-electron chi connectivity index (χ2n) is 3.94. The highest BCUT2D eigenvalue weighted by atomic mass is 19.4. The fraction of sp³-hybridized carbons (Fsp3) is 0.583. The van der Waals surface area contributed by atoms with E-state index in [2.05, 4.69) is 10.3 Å². The average molecular weight is 246 g/mol. The Hall–Kier alpha value is -1.26. The molecule has 17 heavy (non-hydrogen) atoms. The lowest BCUT2D eigenvalue weighted by molar-refractivity contribution is -0.137. The molecule has 1 rings (SSSR count). The highest BCUT2D eigenvalue weighted by Gasteiger charge is 2.34. The first-order valence-corrected chi connectivity index (χ1v) is 5.77. The van der Waals surface area contributed by atoms with Crippen LogP contribution in [0.3, 0.4) is 0 Å². The molecule has 0 aliphatic heterocycles. The van der Waals surface area contributed by atoms with Crippen LogP contribution in [0.4, 0.5) is 19.0 Å². The van der Waals surface area contributed by atoms with Gasteiger partial charge in [-0.05, 0) is 25.0 Å². The molecule has 1 heterocycles. The van der Waals surface area contributed by atoms with Crippen LogP contribution >= 0.6 is 0 Å². The summed E-state index contributed by atoms with van der Waals surface area (Å²) in [5.41, 5.74) is -0.699. The van der Waals surface area contributed by atoms with Crippen molar-refractivity contribution in [2.75, 3.05) is 5.32 Å². The molecule has 96 valence electrons. The Morgan fingerprint density at radius 2 is 2.06 bits per heavy atom. The number of nitrogens with one attached hydrogen (secondary N) is 1. The van der Waals surface area contributed by atoms with Gasteiger partial charge in [0.15, 0.2) is 0 Å². The van der Waals surface area contributed by atoms with Crippen molar-refractivity contribution >= 4 is 5.82 Å². The third-order valence-corrected chi connectivity index (χ3v) is 2.58. The van der Waals surface area contributed by atoms with Crippen molar-refractivity contribution in [3.63, 3.8) is 0 Å². The van der Waals surface area contributed by atoms with E-state index in [1.54, 1.807) is 0 Å². The fourth-order valence-corrected chi connectivity index (χ4v) is 1.67. The van der Waals surface area contributed by atoms with Crippen LogP contribution in [0, 0.1) is 0 Å². The minimum Gasteiger partial charge on any atom is -0.367 e. The van der Waals surface area contributed by atoms with E-state index in [1.165, 1.54) is 12.3 Å². The van der Waals surface area contributed by atoms with Crippen molar-refractivity contribution in [3.05, 3.63) is 23.9 Å². The molecule has 0 fully saturated rings. The van der Waals surface area contributed by atoms with Crippen molar-refractivity contribution in [2.24, 2.45) is 0 Å². The van der Waals surface area contributed by atoms with Gasteiger partial charge in [0.1, 0.15) is 5.82 Å². The zero-order valence-corrected chi connectivity index (χ0v) is 10.0. The summed E-state index contributed by atoms with van der Waals surface area (Å²) in [5.74, 6) is -0.0692. The quantitative estimate of drug-likeness (QED) is 0.846. The van der Waals surface area contributed by atoms with Crippen molar-refractivity contribution < 1.29 is 13.2 Å². The molecule has 1 atom stereocenters. The number of hydrogen-bond donors (Lipinski definition) is 1. The van der Waals surface area contributed by atoms with E-state index in [9.17, 15) is 13.2 Å². The Balaban J connectivity index is 2.90. The lowest BCUT2D eigenvalue weighted by Gasteiger charge is -2.19. The van der Waals surface area contributed by atoms with Gasteiger partial charge in [0, 0.05) is 12.2 Å². The normalized spacial score (nSPS) is 13.5. The number of alkyl halides is 3. The zero-order valence-electron chi connectivity index (χ0n) is 10.0. The lowest BCUT2D eigenvalue weighted by Crippen LogP contribution is -2.21. The Kier molecular flexibility index (Phi) is 4.78. The SMILES string of the molecule is CCCC(CC)Nc1ncccc1C(F)(F)F. The van der Waals surface area contributed by atoms with E-state index in [-0.39, 0.29) is 11.9 Å². The molecule has 0 aliphatic rings. The summed E-state index contributed by atoms with van der Waals surface area (Å²) in [6.07, 6.45) is -0.441. The van der Waals surface area contributed by atoms with Crippen LogP contribution in [0.1, 0.15) is 38.7 Å². The van der Waals surface area contributed by atoms with Gasteiger partial charge < -0.3 is 5.32 Å². The van der Waals surface area contributed by atoms with Gasteiger partial charge in [-0.15, -0.1) is 0 Å².